The highest BCUT2D eigenvalue weighted by molar-refractivity contribution is 5.88. The van der Waals surface area contributed by atoms with Crippen molar-refractivity contribution in [3.8, 4) is 0 Å². The second-order valence-corrected chi connectivity index (χ2v) is 4.41. The molecule has 1 aliphatic rings. The molecule has 0 bridgehead atoms. The van der Waals surface area contributed by atoms with Crippen LogP contribution in [0.25, 0.3) is 11.6 Å². The van der Waals surface area contributed by atoms with E-state index < -0.39 is 0 Å². The Bertz CT molecular complexity index is 548. The first-order chi connectivity index (χ1) is 7.83. The smallest absolute Gasteiger partial charge is 0.00137 e. The van der Waals surface area contributed by atoms with Crippen molar-refractivity contribution < 1.29 is 0 Å². The molecular formula is C16H14. The minimum Gasteiger partial charge on any atom is -0.0622 e. The Balaban J connectivity index is 2.02. The van der Waals surface area contributed by atoms with E-state index in [1.807, 2.05) is 0 Å². The maximum atomic E-state index is 2.32. The molecule has 1 aliphatic carbocycles. The van der Waals surface area contributed by atoms with E-state index in [2.05, 4.69) is 61.5 Å². The Morgan fingerprint density at radius 2 is 1.75 bits per heavy atom. The molecule has 0 unspecified atom stereocenters. The SMILES string of the molecule is Cc1ccc2c(c1)C=C(c1ccccc1)C2. The summed E-state index contributed by atoms with van der Waals surface area (Å²) < 4.78 is 0. The zero-order chi connectivity index (χ0) is 11.0. The molecular weight excluding hydrogens is 192 g/mol. The second-order valence-electron chi connectivity index (χ2n) is 4.41. The third kappa shape index (κ3) is 1.57. The molecule has 0 radical (unpaired) electrons. The molecule has 0 saturated carbocycles. The molecule has 0 aliphatic heterocycles. The van der Waals surface area contributed by atoms with Crippen molar-refractivity contribution in [1.29, 1.82) is 0 Å². The Hall–Kier alpha value is -1.82. The molecule has 0 aromatic heterocycles. The van der Waals surface area contributed by atoms with Gasteiger partial charge in [0.15, 0.2) is 0 Å². The summed E-state index contributed by atoms with van der Waals surface area (Å²) >= 11 is 0. The van der Waals surface area contributed by atoms with E-state index in [9.17, 15) is 0 Å². The van der Waals surface area contributed by atoms with E-state index in [0.29, 0.717) is 0 Å². The number of benzene rings is 2. The van der Waals surface area contributed by atoms with Crippen LogP contribution >= 0.6 is 0 Å². The largest absolute Gasteiger partial charge is 0.0622 e. The van der Waals surface area contributed by atoms with E-state index in [-0.39, 0.29) is 0 Å². The molecule has 2 aromatic rings. The number of aryl methyl sites for hydroxylation is 1. The van der Waals surface area contributed by atoms with Crippen LogP contribution in [0.2, 0.25) is 0 Å². The third-order valence-electron chi connectivity index (χ3n) is 3.16. The van der Waals surface area contributed by atoms with Gasteiger partial charge in [-0.15, -0.1) is 0 Å². The zero-order valence-corrected chi connectivity index (χ0v) is 9.40. The summed E-state index contributed by atoms with van der Waals surface area (Å²) in [6.07, 6.45) is 3.39. The lowest BCUT2D eigenvalue weighted by molar-refractivity contribution is 1.30. The lowest BCUT2D eigenvalue weighted by Crippen LogP contribution is -1.85. The molecule has 0 fully saturated rings. The average molecular weight is 206 g/mol. The fourth-order valence-electron chi connectivity index (χ4n) is 2.29. The van der Waals surface area contributed by atoms with Gasteiger partial charge < -0.3 is 0 Å². The fourth-order valence-corrected chi connectivity index (χ4v) is 2.29. The van der Waals surface area contributed by atoms with E-state index in [1.165, 1.54) is 27.8 Å². The summed E-state index contributed by atoms with van der Waals surface area (Å²) in [6.45, 7) is 2.15. The molecule has 0 heteroatoms. The summed E-state index contributed by atoms with van der Waals surface area (Å²) in [5, 5.41) is 0. The van der Waals surface area contributed by atoms with Crippen LogP contribution in [0.3, 0.4) is 0 Å². The Kier molecular flexibility index (Phi) is 2.14. The highest BCUT2D eigenvalue weighted by Crippen LogP contribution is 2.31. The van der Waals surface area contributed by atoms with E-state index in [4.69, 9.17) is 0 Å². The first kappa shape index (κ1) is 9.41. The first-order valence-corrected chi connectivity index (χ1v) is 5.68. The zero-order valence-electron chi connectivity index (χ0n) is 9.40. The lowest BCUT2D eigenvalue weighted by atomic mass is 10.0. The van der Waals surface area contributed by atoms with Crippen LogP contribution in [0, 0.1) is 6.92 Å². The maximum Gasteiger partial charge on any atom is -0.00137 e. The van der Waals surface area contributed by atoms with Crippen LogP contribution in [-0.4, -0.2) is 0 Å². The predicted molar refractivity (Wildman–Crippen MR) is 69.2 cm³/mol. The van der Waals surface area contributed by atoms with Gasteiger partial charge in [0.2, 0.25) is 0 Å². The quantitative estimate of drug-likeness (QED) is 0.659. The number of rotatable bonds is 1. The summed E-state index contributed by atoms with van der Waals surface area (Å²) in [5.41, 5.74) is 6.95. The van der Waals surface area contributed by atoms with Crippen LogP contribution in [0.1, 0.15) is 22.3 Å². The topological polar surface area (TPSA) is 0 Å². The van der Waals surface area contributed by atoms with Gasteiger partial charge in [-0.05, 0) is 35.6 Å². The maximum absolute atomic E-state index is 2.32. The van der Waals surface area contributed by atoms with Gasteiger partial charge in [0.1, 0.15) is 0 Å². The molecule has 3 rings (SSSR count). The number of hydrogen-bond donors (Lipinski definition) is 0. The highest BCUT2D eigenvalue weighted by Gasteiger charge is 2.13. The minimum atomic E-state index is 1.07. The molecule has 0 amide bonds. The third-order valence-corrected chi connectivity index (χ3v) is 3.16. The van der Waals surface area contributed by atoms with Crippen molar-refractivity contribution in [2.75, 3.05) is 0 Å². The standard InChI is InChI=1S/C16H14/c1-12-7-8-14-10-16(11-15(14)9-12)13-5-3-2-4-6-13/h2-9,11H,10H2,1H3. The van der Waals surface area contributed by atoms with Crippen LogP contribution in [0.5, 0.6) is 0 Å². The van der Waals surface area contributed by atoms with Gasteiger partial charge in [-0.1, -0.05) is 60.2 Å². The Morgan fingerprint density at radius 3 is 2.56 bits per heavy atom. The van der Waals surface area contributed by atoms with Crippen LogP contribution < -0.4 is 0 Å². The van der Waals surface area contributed by atoms with Crippen molar-refractivity contribution in [3.05, 3.63) is 70.8 Å². The van der Waals surface area contributed by atoms with Gasteiger partial charge >= 0.3 is 0 Å². The second kappa shape index (κ2) is 3.64. The molecule has 0 saturated heterocycles. The van der Waals surface area contributed by atoms with Gasteiger partial charge in [0, 0.05) is 0 Å². The molecule has 0 atom stereocenters. The van der Waals surface area contributed by atoms with Crippen LogP contribution in [0.4, 0.5) is 0 Å². The minimum absolute atomic E-state index is 1.07. The molecule has 0 nitrogen and oxygen atoms in total. The normalized spacial score (nSPS) is 13.4. The number of fused-ring (bicyclic) bond motifs is 1. The summed E-state index contributed by atoms with van der Waals surface area (Å²) in [4.78, 5) is 0. The molecule has 0 N–H and O–H groups in total. The number of allylic oxidation sites excluding steroid dienone is 1. The lowest BCUT2D eigenvalue weighted by Gasteiger charge is -2.01. The monoisotopic (exact) mass is 206 g/mol. The van der Waals surface area contributed by atoms with Gasteiger partial charge in [0.05, 0.1) is 0 Å². The van der Waals surface area contributed by atoms with Crippen molar-refractivity contribution in [3.63, 3.8) is 0 Å². The molecule has 0 spiro atoms. The summed E-state index contributed by atoms with van der Waals surface area (Å²) in [7, 11) is 0. The predicted octanol–water partition coefficient (Wildman–Crippen LogP) is 4.09. The Morgan fingerprint density at radius 1 is 0.938 bits per heavy atom. The Labute approximate surface area is 96.3 Å². The fraction of sp³-hybridized carbons (Fsp3) is 0.125. The van der Waals surface area contributed by atoms with Gasteiger partial charge in [-0.2, -0.15) is 0 Å². The van der Waals surface area contributed by atoms with E-state index >= 15 is 0 Å². The molecule has 16 heavy (non-hydrogen) atoms. The highest BCUT2D eigenvalue weighted by atomic mass is 14.2. The van der Waals surface area contributed by atoms with Crippen molar-refractivity contribution in [1.82, 2.24) is 0 Å². The van der Waals surface area contributed by atoms with Crippen molar-refractivity contribution in [2.24, 2.45) is 0 Å². The van der Waals surface area contributed by atoms with Crippen LogP contribution in [0.15, 0.2) is 48.5 Å². The van der Waals surface area contributed by atoms with Gasteiger partial charge in [-0.3, -0.25) is 0 Å². The average Bonchev–Trinajstić information content (AvgIpc) is 2.73. The van der Waals surface area contributed by atoms with Crippen molar-refractivity contribution >= 4 is 11.6 Å². The van der Waals surface area contributed by atoms with Crippen LogP contribution in [-0.2, 0) is 6.42 Å². The number of hydrogen-bond acceptors (Lipinski definition) is 0. The van der Waals surface area contributed by atoms with Gasteiger partial charge in [0.25, 0.3) is 0 Å². The van der Waals surface area contributed by atoms with E-state index in [1.54, 1.807) is 0 Å². The van der Waals surface area contributed by atoms with E-state index in [0.717, 1.165) is 6.42 Å². The summed E-state index contributed by atoms with van der Waals surface area (Å²) in [6, 6.07) is 17.4. The van der Waals surface area contributed by atoms with Gasteiger partial charge in [-0.25, -0.2) is 0 Å². The molecule has 78 valence electrons. The first-order valence-electron chi connectivity index (χ1n) is 5.68. The summed E-state index contributed by atoms with van der Waals surface area (Å²) in [5.74, 6) is 0. The van der Waals surface area contributed by atoms with Crippen molar-refractivity contribution in [2.45, 2.75) is 13.3 Å². The molecule has 0 heterocycles. The molecule has 2 aromatic carbocycles.